The first kappa shape index (κ1) is 20.2. The smallest absolute Gasteiger partial charge is 0.387 e. The molecule has 0 spiro atoms. The summed E-state index contributed by atoms with van der Waals surface area (Å²) in [5.74, 6) is -1.91. The number of carboxylic acids is 1. The third-order valence-corrected chi connectivity index (χ3v) is 3.86. The summed E-state index contributed by atoms with van der Waals surface area (Å²) in [6.07, 6.45) is 0.181. The van der Waals surface area contributed by atoms with E-state index in [2.05, 4.69) is 10.1 Å². The third kappa shape index (κ3) is 5.95. The van der Waals surface area contributed by atoms with Gasteiger partial charge in [0.15, 0.2) is 0 Å². The second kappa shape index (κ2) is 9.51. The number of carbonyl (C=O) groups is 2. The van der Waals surface area contributed by atoms with Gasteiger partial charge < -0.3 is 19.9 Å². The maximum atomic E-state index is 12.2. The number of carboxylic acid groups (broad SMARTS) is 1. The van der Waals surface area contributed by atoms with Gasteiger partial charge in [-0.15, -0.1) is 0 Å². The van der Waals surface area contributed by atoms with Gasteiger partial charge in [0.1, 0.15) is 11.5 Å². The number of benzene rings is 2. The molecule has 1 amide bonds. The molecule has 2 aromatic carbocycles. The summed E-state index contributed by atoms with van der Waals surface area (Å²) in [5, 5.41) is 12.0. The molecular formula is C19H19F2NO5. The predicted molar refractivity (Wildman–Crippen MR) is 93.2 cm³/mol. The van der Waals surface area contributed by atoms with Crippen LogP contribution in [0, 0.1) is 5.92 Å². The van der Waals surface area contributed by atoms with Gasteiger partial charge in [0.2, 0.25) is 0 Å². The lowest BCUT2D eigenvalue weighted by molar-refractivity contribution is -0.141. The molecule has 0 aliphatic rings. The topological polar surface area (TPSA) is 84.9 Å². The van der Waals surface area contributed by atoms with E-state index in [1.807, 2.05) is 0 Å². The van der Waals surface area contributed by atoms with E-state index in [-0.39, 0.29) is 24.3 Å². The molecular weight excluding hydrogens is 360 g/mol. The molecule has 0 saturated heterocycles. The number of halogens is 2. The van der Waals surface area contributed by atoms with E-state index >= 15 is 0 Å². The van der Waals surface area contributed by atoms with Crippen molar-refractivity contribution in [3.63, 3.8) is 0 Å². The van der Waals surface area contributed by atoms with Gasteiger partial charge in [-0.25, -0.2) is 0 Å². The Morgan fingerprint density at radius 1 is 1.11 bits per heavy atom. The van der Waals surface area contributed by atoms with Crippen LogP contribution in [0.15, 0.2) is 48.5 Å². The second-order valence-electron chi connectivity index (χ2n) is 5.66. The molecule has 0 bridgehead atoms. The minimum atomic E-state index is -2.95. The molecule has 0 aromatic heterocycles. The van der Waals surface area contributed by atoms with E-state index in [0.29, 0.717) is 5.75 Å². The molecule has 27 heavy (non-hydrogen) atoms. The number of methoxy groups -OCH3 is 1. The van der Waals surface area contributed by atoms with Crippen LogP contribution in [0.4, 0.5) is 8.78 Å². The molecule has 1 unspecified atom stereocenters. The van der Waals surface area contributed by atoms with Crippen molar-refractivity contribution in [3.05, 3.63) is 59.7 Å². The zero-order chi connectivity index (χ0) is 19.8. The Kier molecular flexibility index (Phi) is 7.10. The van der Waals surface area contributed by atoms with Crippen molar-refractivity contribution < 1.29 is 33.0 Å². The van der Waals surface area contributed by atoms with Gasteiger partial charge in [0, 0.05) is 12.1 Å². The summed E-state index contributed by atoms with van der Waals surface area (Å²) >= 11 is 0. The Bertz CT molecular complexity index is 780. The van der Waals surface area contributed by atoms with Crippen LogP contribution in [0.25, 0.3) is 0 Å². The van der Waals surface area contributed by atoms with Crippen molar-refractivity contribution in [2.75, 3.05) is 13.7 Å². The highest BCUT2D eigenvalue weighted by molar-refractivity contribution is 5.94. The van der Waals surface area contributed by atoms with Crippen LogP contribution in [0.5, 0.6) is 11.5 Å². The van der Waals surface area contributed by atoms with Gasteiger partial charge in [-0.1, -0.05) is 18.2 Å². The van der Waals surface area contributed by atoms with Crippen molar-refractivity contribution in [1.29, 1.82) is 0 Å². The SMILES string of the molecule is COc1ccccc1CC(CNC(=O)c1ccc(OC(F)F)cc1)C(=O)O. The Labute approximate surface area is 154 Å². The standard InChI is InChI=1S/C19H19F2NO5/c1-26-16-5-3-2-4-13(16)10-14(18(24)25)11-22-17(23)12-6-8-15(9-7-12)27-19(20)21/h2-9,14,19H,10-11H2,1H3,(H,22,23)(H,24,25). The second-order valence-corrected chi connectivity index (χ2v) is 5.66. The first-order valence-electron chi connectivity index (χ1n) is 8.08. The number of hydrogen-bond donors (Lipinski definition) is 2. The fraction of sp³-hybridized carbons (Fsp3) is 0.263. The third-order valence-electron chi connectivity index (χ3n) is 3.86. The largest absolute Gasteiger partial charge is 0.496 e. The summed E-state index contributed by atoms with van der Waals surface area (Å²) in [6.45, 7) is -3.04. The number of carbonyl (C=O) groups excluding carboxylic acids is 1. The lowest BCUT2D eigenvalue weighted by Crippen LogP contribution is -2.34. The normalized spacial score (nSPS) is 11.7. The molecule has 2 N–H and O–H groups in total. The molecule has 144 valence electrons. The van der Waals surface area contributed by atoms with E-state index in [1.165, 1.54) is 31.4 Å². The van der Waals surface area contributed by atoms with Gasteiger partial charge >= 0.3 is 12.6 Å². The quantitative estimate of drug-likeness (QED) is 0.700. The maximum Gasteiger partial charge on any atom is 0.387 e. The number of nitrogens with one attached hydrogen (secondary N) is 1. The van der Waals surface area contributed by atoms with Crippen LogP contribution in [-0.2, 0) is 11.2 Å². The van der Waals surface area contributed by atoms with Crippen molar-refractivity contribution in [2.24, 2.45) is 5.92 Å². The van der Waals surface area contributed by atoms with Gasteiger partial charge in [0.25, 0.3) is 5.91 Å². The summed E-state index contributed by atoms with van der Waals surface area (Å²) < 4.78 is 33.7. The fourth-order valence-corrected chi connectivity index (χ4v) is 2.49. The predicted octanol–water partition coefficient (Wildman–Crippen LogP) is 2.97. The van der Waals surface area contributed by atoms with Crippen LogP contribution in [0.2, 0.25) is 0 Å². The lowest BCUT2D eigenvalue weighted by Gasteiger charge is -2.15. The molecule has 0 heterocycles. The van der Waals surface area contributed by atoms with Crippen LogP contribution in [-0.4, -0.2) is 37.2 Å². The monoisotopic (exact) mass is 379 g/mol. The molecule has 6 nitrogen and oxygen atoms in total. The number of rotatable bonds is 9. The van der Waals surface area contributed by atoms with Gasteiger partial charge in [-0.2, -0.15) is 8.78 Å². The number of ether oxygens (including phenoxy) is 2. The molecule has 8 heteroatoms. The first-order chi connectivity index (χ1) is 12.9. The number of amides is 1. The first-order valence-corrected chi connectivity index (χ1v) is 8.08. The summed E-state index contributed by atoms with van der Waals surface area (Å²) in [5.41, 5.74) is 0.924. The van der Waals surface area contributed by atoms with E-state index in [1.54, 1.807) is 24.3 Å². The molecule has 0 saturated carbocycles. The van der Waals surface area contributed by atoms with Crippen molar-refractivity contribution in [3.8, 4) is 11.5 Å². The Hall–Kier alpha value is -3.16. The minimum Gasteiger partial charge on any atom is -0.496 e. The minimum absolute atomic E-state index is 0.0684. The molecule has 1 atom stereocenters. The average molecular weight is 379 g/mol. The summed E-state index contributed by atoms with van der Waals surface area (Å²) in [4.78, 5) is 23.7. The molecule has 2 rings (SSSR count). The molecule has 0 aliphatic heterocycles. The zero-order valence-electron chi connectivity index (χ0n) is 14.5. The Morgan fingerprint density at radius 3 is 2.37 bits per heavy atom. The Morgan fingerprint density at radius 2 is 1.78 bits per heavy atom. The van der Waals surface area contributed by atoms with Gasteiger partial charge in [0.05, 0.1) is 13.0 Å². The molecule has 0 aliphatic carbocycles. The number of aliphatic carboxylic acids is 1. The lowest BCUT2D eigenvalue weighted by atomic mass is 9.98. The number of para-hydroxylation sites is 1. The van der Waals surface area contributed by atoms with Crippen LogP contribution in [0.3, 0.4) is 0 Å². The average Bonchev–Trinajstić information content (AvgIpc) is 2.65. The number of hydrogen-bond acceptors (Lipinski definition) is 4. The van der Waals surface area contributed by atoms with Crippen molar-refractivity contribution in [1.82, 2.24) is 5.32 Å². The highest BCUT2D eigenvalue weighted by Gasteiger charge is 2.21. The van der Waals surface area contributed by atoms with Crippen molar-refractivity contribution in [2.45, 2.75) is 13.0 Å². The van der Waals surface area contributed by atoms with Crippen molar-refractivity contribution >= 4 is 11.9 Å². The van der Waals surface area contributed by atoms with E-state index in [4.69, 9.17) is 4.74 Å². The van der Waals surface area contributed by atoms with E-state index < -0.39 is 24.4 Å². The van der Waals surface area contributed by atoms with Gasteiger partial charge in [-0.3, -0.25) is 9.59 Å². The fourth-order valence-electron chi connectivity index (χ4n) is 2.49. The van der Waals surface area contributed by atoms with Crippen LogP contribution in [0.1, 0.15) is 15.9 Å². The summed E-state index contributed by atoms with van der Waals surface area (Å²) in [6, 6.07) is 12.2. The summed E-state index contributed by atoms with van der Waals surface area (Å²) in [7, 11) is 1.50. The van der Waals surface area contributed by atoms with E-state index in [0.717, 1.165) is 5.56 Å². The molecule has 0 fully saturated rings. The van der Waals surface area contributed by atoms with E-state index in [9.17, 15) is 23.5 Å². The van der Waals surface area contributed by atoms with Gasteiger partial charge in [-0.05, 0) is 42.3 Å². The maximum absolute atomic E-state index is 12.2. The Balaban J connectivity index is 1.99. The van der Waals surface area contributed by atoms with Crippen LogP contribution >= 0.6 is 0 Å². The molecule has 0 radical (unpaired) electrons. The molecule has 2 aromatic rings. The highest BCUT2D eigenvalue weighted by Crippen LogP contribution is 2.21. The highest BCUT2D eigenvalue weighted by atomic mass is 19.3. The zero-order valence-corrected chi connectivity index (χ0v) is 14.5. The number of alkyl halides is 2. The van der Waals surface area contributed by atoms with Crippen LogP contribution < -0.4 is 14.8 Å².